The molecule has 2 N–H and O–H groups in total. The number of fused-ring (bicyclic) bond motifs is 1. The largest absolute Gasteiger partial charge is 0.481 e. The number of H-pyrrole nitrogens is 1. The van der Waals surface area contributed by atoms with Gasteiger partial charge >= 0.3 is 5.97 Å². The van der Waals surface area contributed by atoms with Crippen LogP contribution in [-0.4, -0.2) is 42.7 Å². The SMILES string of the molecule is O=C(O)CCCCCN1C(=O)C(=Cc2cccc(-c3ccc4[nH]ccc4c3)n2)SC1=S. The number of thioether (sulfide) groups is 1. The Hall–Kier alpha value is -2.97. The summed E-state index contributed by atoms with van der Waals surface area (Å²) in [7, 11) is 0. The average Bonchev–Trinajstić information content (AvgIpc) is 3.32. The van der Waals surface area contributed by atoms with Crippen LogP contribution in [0.2, 0.25) is 0 Å². The van der Waals surface area contributed by atoms with E-state index in [0.29, 0.717) is 27.9 Å². The summed E-state index contributed by atoms with van der Waals surface area (Å²) in [4.78, 5) is 33.4. The number of aromatic amines is 1. The fourth-order valence-corrected chi connectivity index (χ4v) is 4.75. The predicted molar refractivity (Wildman–Crippen MR) is 128 cm³/mol. The van der Waals surface area contributed by atoms with Crippen molar-refractivity contribution in [1.29, 1.82) is 0 Å². The standard InChI is InChI=1S/C23H21N3O3S2/c27-21(28)7-2-1-3-12-26-22(29)20(31-23(26)30)14-17-5-4-6-19(25-17)15-8-9-18-16(13-15)10-11-24-18/h4-6,8-11,13-14,24H,1-3,7,12H2,(H,27,28). The lowest BCUT2D eigenvalue weighted by atomic mass is 10.1. The third-order valence-corrected chi connectivity index (χ3v) is 6.42. The van der Waals surface area contributed by atoms with E-state index in [-0.39, 0.29) is 12.3 Å². The summed E-state index contributed by atoms with van der Waals surface area (Å²) in [6, 6.07) is 13.9. The van der Waals surface area contributed by atoms with Crippen LogP contribution in [0.25, 0.3) is 28.2 Å². The van der Waals surface area contributed by atoms with Gasteiger partial charge in [0.25, 0.3) is 5.91 Å². The normalized spacial score (nSPS) is 15.4. The molecule has 1 saturated heterocycles. The lowest BCUT2D eigenvalue weighted by molar-refractivity contribution is -0.137. The number of carbonyl (C=O) groups excluding carboxylic acids is 1. The van der Waals surface area contributed by atoms with Crippen molar-refractivity contribution in [3.8, 4) is 11.3 Å². The van der Waals surface area contributed by atoms with Crippen LogP contribution in [0.5, 0.6) is 0 Å². The van der Waals surface area contributed by atoms with Crippen LogP contribution in [-0.2, 0) is 9.59 Å². The van der Waals surface area contributed by atoms with Gasteiger partial charge in [0.15, 0.2) is 0 Å². The topological polar surface area (TPSA) is 86.3 Å². The van der Waals surface area contributed by atoms with Crippen LogP contribution < -0.4 is 0 Å². The number of carboxylic acids is 1. The minimum absolute atomic E-state index is 0.117. The number of hydrogen-bond donors (Lipinski definition) is 2. The van der Waals surface area contributed by atoms with Gasteiger partial charge in [-0.2, -0.15) is 0 Å². The van der Waals surface area contributed by atoms with E-state index in [2.05, 4.69) is 11.1 Å². The molecule has 0 aliphatic carbocycles. The van der Waals surface area contributed by atoms with Gasteiger partial charge in [-0.3, -0.25) is 14.5 Å². The Bertz CT molecular complexity index is 1190. The molecular formula is C23H21N3O3S2. The first-order valence-corrected chi connectivity index (χ1v) is 11.3. The summed E-state index contributed by atoms with van der Waals surface area (Å²) in [5, 5.41) is 9.83. The van der Waals surface area contributed by atoms with Crippen LogP contribution in [0.15, 0.2) is 53.6 Å². The molecule has 0 atom stereocenters. The highest BCUT2D eigenvalue weighted by Crippen LogP contribution is 2.33. The van der Waals surface area contributed by atoms with Crippen LogP contribution in [0.1, 0.15) is 31.4 Å². The van der Waals surface area contributed by atoms with Gasteiger partial charge in [-0.25, -0.2) is 4.98 Å². The van der Waals surface area contributed by atoms with Crippen molar-refractivity contribution in [2.75, 3.05) is 6.54 Å². The monoisotopic (exact) mass is 451 g/mol. The number of unbranched alkanes of at least 4 members (excludes halogenated alkanes) is 2. The first-order valence-electron chi connectivity index (χ1n) is 10.0. The van der Waals surface area contributed by atoms with Crippen molar-refractivity contribution in [3.05, 3.63) is 59.3 Å². The molecule has 3 aromatic rings. The number of nitrogens with one attached hydrogen (secondary N) is 1. The second-order valence-electron chi connectivity index (χ2n) is 7.27. The Morgan fingerprint density at radius 3 is 2.90 bits per heavy atom. The van der Waals surface area contributed by atoms with E-state index in [9.17, 15) is 9.59 Å². The Morgan fingerprint density at radius 2 is 2.06 bits per heavy atom. The quantitative estimate of drug-likeness (QED) is 0.282. The number of rotatable bonds is 8. The van der Waals surface area contributed by atoms with Gasteiger partial charge in [0.1, 0.15) is 4.32 Å². The molecule has 31 heavy (non-hydrogen) atoms. The van der Waals surface area contributed by atoms with Gasteiger partial charge in [0.05, 0.1) is 16.3 Å². The summed E-state index contributed by atoms with van der Waals surface area (Å²) in [6.07, 6.45) is 5.91. The zero-order valence-electron chi connectivity index (χ0n) is 16.7. The molecule has 0 unspecified atom stereocenters. The smallest absolute Gasteiger partial charge is 0.303 e. The summed E-state index contributed by atoms with van der Waals surface area (Å²) in [6.45, 7) is 0.506. The maximum atomic E-state index is 12.8. The van der Waals surface area contributed by atoms with Crippen LogP contribution in [0, 0.1) is 0 Å². The second-order valence-corrected chi connectivity index (χ2v) is 8.94. The maximum absolute atomic E-state index is 12.8. The molecule has 1 aliphatic heterocycles. The molecule has 1 aromatic carbocycles. The van der Waals surface area contributed by atoms with E-state index in [1.807, 2.05) is 42.6 Å². The highest BCUT2D eigenvalue weighted by Gasteiger charge is 2.31. The number of aliphatic carboxylic acids is 1. The van der Waals surface area contributed by atoms with Crippen molar-refractivity contribution in [2.24, 2.45) is 0 Å². The molecule has 1 amide bonds. The highest BCUT2D eigenvalue weighted by atomic mass is 32.2. The minimum Gasteiger partial charge on any atom is -0.481 e. The lowest BCUT2D eigenvalue weighted by Gasteiger charge is -2.13. The number of aromatic nitrogens is 2. The Morgan fingerprint density at radius 1 is 1.19 bits per heavy atom. The Kier molecular flexibility index (Phi) is 6.48. The van der Waals surface area contributed by atoms with E-state index >= 15 is 0 Å². The Labute approximate surface area is 189 Å². The molecule has 0 saturated carbocycles. The third-order valence-electron chi connectivity index (χ3n) is 5.04. The van der Waals surface area contributed by atoms with Crippen molar-refractivity contribution in [3.63, 3.8) is 0 Å². The third kappa shape index (κ3) is 5.03. The van der Waals surface area contributed by atoms with Gasteiger partial charge < -0.3 is 10.1 Å². The number of carbonyl (C=O) groups is 2. The molecule has 0 bridgehead atoms. The molecule has 0 spiro atoms. The van der Waals surface area contributed by atoms with Gasteiger partial charge in [0, 0.05) is 35.6 Å². The predicted octanol–water partition coefficient (Wildman–Crippen LogP) is 5.08. The summed E-state index contributed by atoms with van der Waals surface area (Å²) in [5.41, 5.74) is 3.63. The number of hydrogen-bond acceptors (Lipinski definition) is 5. The van der Waals surface area contributed by atoms with Gasteiger partial charge in [0.2, 0.25) is 0 Å². The molecule has 1 fully saturated rings. The molecular weight excluding hydrogens is 430 g/mol. The molecule has 3 heterocycles. The Balaban J connectivity index is 1.46. The zero-order chi connectivity index (χ0) is 21.8. The van der Waals surface area contributed by atoms with E-state index in [0.717, 1.165) is 35.0 Å². The van der Waals surface area contributed by atoms with E-state index in [1.54, 1.807) is 11.0 Å². The molecule has 158 valence electrons. The molecule has 0 radical (unpaired) electrons. The summed E-state index contributed by atoms with van der Waals surface area (Å²) in [5.74, 6) is -0.912. The number of amides is 1. The number of pyridine rings is 1. The minimum atomic E-state index is -0.795. The maximum Gasteiger partial charge on any atom is 0.303 e. The van der Waals surface area contributed by atoms with Crippen LogP contribution >= 0.6 is 24.0 Å². The first-order chi connectivity index (χ1) is 15.0. The number of thiocarbonyl (C=S) groups is 1. The molecule has 4 rings (SSSR count). The van der Waals surface area contributed by atoms with Crippen molar-refractivity contribution < 1.29 is 14.7 Å². The fraction of sp³-hybridized carbons (Fsp3) is 0.217. The molecule has 2 aromatic heterocycles. The van der Waals surface area contributed by atoms with Crippen LogP contribution in [0.4, 0.5) is 0 Å². The summed E-state index contributed by atoms with van der Waals surface area (Å²) >= 11 is 6.66. The van der Waals surface area contributed by atoms with Crippen molar-refractivity contribution >= 4 is 57.2 Å². The van der Waals surface area contributed by atoms with E-state index in [4.69, 9.17) is 22.3 Å². The molecule has 8 heteroatoms. The van der Waals surface area contributed by atoms with E-state index in [1.165, 1.54) is 11.8 Å². The number of carboxylic acid groups (broad SMARTS) is 1. The van der Waals surface area contributed by atoms with Crippen molar-refractivity contribution in [1.82, 2.24) is 14.9 Å². The zero-order valence-corrected chi connectivity index (χ0v) is 18.3. The summed E-state index contributed by atoms with van der Waals surface area (Å²) < 4.78 is 0.531. The van der Waals surface area contributed by atoms with Gasteiger partial charge in [-0.1, -0.05) is 42.5 Å². The number of nitrogens with zero attached hydrogens (tertiary/aromatic N) is 2. The number of benzene rings is 1. The van der Waals surface area contributed by atoms with Gasteiger partial charge in [-0.15, -0.1) is 0 Å². The lowest BCUT2D eigenvalue weighted by Crippen LogP contribution is -2.29. The van der Waals surface area contributed by atoms with Gasteiger partial charge in [-0.05, 0) is 49.2 Å². The highest BCUT2D eigenvalue weighted by molar-refractivity contribution is 8.26. The first kappa shape index (κ1) is 21.3. The fourth-order valence-electron chi connectivity index (χ4n) is 3.46. The molecule has 6 nitrogen and oxygen atoms in total. The van der Waals surface area contributed by atoms with Crippen LogP contribution in [0.3, 0.4) is 0 Å². The second kappa shape index (κ2) is 9.45. The van der Waals surface area contributed by atoms with E-state index < -0.39 is 5.97 Å². The molecule has 1 aliphatic rings. The average molecular weight is 452 g/mol. The van der Waals surface area contributed by atoms with Crippen molar-refractivity contribution in [2.45, 2.75) is 25.7 Å².